The van der Waals surface area contributed by atoms with Gasteiger partial charge in [-0.3, -0.25) is 29.6 Å². The molecule has 1 aliphatic rings. The van der Waals surface area contributed by atoms with Gasteiger partial charge in [0.05, 0.1) is 12.5 Å². The molecule has 2 N–H and O–H groups in total. The average Bonchev–Trinajstić information content (AvgIpc) is 3.25. The Labute approximate surface area is 173 Å². The van der Waals surface area contributed by atoms with Gasteiger partial charge in [-0.2, -0.15) is 0 Å². The number of hydrogen-bond acceptors (Lipinski definition) is 7. The second-order valence-corrected chi connectivity index (χ2v) is 7.25. The summed E-state index contributed by atoms with van der Waals surface area (Å²) in [6.45, 7) is 1.10. The maximum absolute atomic E-state index is 12.2. The maximum atomic E-state index is 12.2. The van der Waals surface area contributed by atoms with Crippen LogP contribution in [0.1, 0.15) is 22.5 Å². The molecule has 152 valence electrons. The normalized spacial score (nSPS) is 15.9. The molecule has 3 amide bonds. The van der Waals surface area contributed by atoms with Crippen molar-refractivity contribution in [1.82, 2.24) is 15.6 Å². The lowest BCUT2D eigenvalue weighted by Crippen LogP contribution is -2.43. The Balaban J connectivity index is 1.47. The molecule has 10 nitrogen and oxygen atoms in total. The molecule has 11 heteroatoms. The van der Waals surface area contributed by atoms with Crippen molar-refractivity contribution in [3.63, 3.8) is 0 Å². The lowest BCUT2D eigenvalue weighted by Gasteiger charge is -2.17. The van der Waals surface area contributed by atoms with Gasteiger partial charge < -0.3 is 14.6 Å². The second kappa shape index (κ2) is 8.86. The number of anilines is 1. The molecule has 0 saturated carbocycles. The topological polar surface area (TPSA) is 131 Å². The second-order valence-electron chi connectivity index (χ2n) is 6.33. The molecular weight excluding hydrogens is 448 g/mol. The highest BCUT2D eigenvalue weighted by Crippen LogP contribution is 2.18. The summed E-state index contributed by atoms with van der Waals surface area (Å²) in [5.74, 6) is -2.23. The van der Waals surface area contributed by atoms with Gasteiger partial charge in [-0.1, -0.05) is 21.1 Å². The first-order valence-corrected chi connectivity index (χ1v) is 9.38. The van der Waals surface area contributed by atoms with Crippen LogP contribution in [0.25, 0.3) is 0 Å². The Morgan fingerprint density at radius 2 is 2.03 bits per heavy atom. The van der Waals surface area contributed by atoms with Crippen molar-refractivity contribution in [2.45, 2.75) is 13.3 Å². The van der Waals surface area contributed by atoms with Gasteiger partial charge in [0.25, 0.3) is 11.8 Å². The highest BCUT2D eigenvalue weighted by molar-refractivity contribution is 9.10. The summed E-state index contributed by atoms with van der Waals surface area (Å²) < 4.78 is 10.6. The molecular formula is C18H17BrN4O6. The number of amides is 3. The van der Waals surface area contributed by atoms with Crippen LogP contribution in [0.4, 0.5) is 5.82 Å². The van der Waals surface area contributed by atoms with Crippen LogP contribution in [0.5, 0.6) is 0 Å². The standard InChI is InChI=1S/C18H17BrN4O6/c1-10-6-14(22-29-10)20-15(24)9-28-18(27)12-7-16(25)23(8-12)21-17(26)11-2-4-13(19)5-3-11/h2-6,12H,7-9H2,1H3,(H,21,26)(H,20,22,24)/t12-/m0/s1. The number of aromatic nitrogens is 1. The summed E-state index contributed by atoms with van der Waals surface area (Å²) in [5.41, 5.74) is 2.84. The van der Waals surface area contributed by atoms with Gasteiger partial charge in [-0.05, 0) is 31.2 Å². The highest BCUT2D eigenvalue weighted by Gasteiger charge is 2.36. The third kappa shape index (κ3) is 5.41. The number of carbonyl (C=O) groups excluding carboxylic acids is 4. The molecule has 0 unspecified atom stereocenters. The van der Waals surface area contributed by atoms with Crippen LogP contribution in [0.2, 0.25) is 0 Å². The fraction of sp³-hybridized carbons (Fsp3) is 0.278. The fourth-order valence-electron chi connectivity index (χ4n) is 2.62. The molecule has 0 aliphatic carbocycles. The molecule has 1 fully saturated rings. The molecule has 0 radical (unpaired) electrons. The van der Waals surface area contributed by atoms with Crippen LogP contribution in [0, 0.1) is 12.8 Å². The molecule has 29 heavy (non-hydrogen) atoms. The summed E-state index contributed by atoms with van der Waals surface area (Å²) in [6, 6.07) is 8.11. The lowest BCUT2D eigenvalue weighted by molar-refractivity contribution is -0.151. The van der Waals surface area contributed by atoms with E-state index in [2.05, 4.69) is 31.8 Å². The van der Waals surface area contributed by atoms with E-state index in [0.717, 1.165) is 9.48 Å². The van der Waals surface area contributed by atoms with Gasteiger partial charge in [0, 0.05) is 22.5 Å². The van der Waals surface area contributed by atoms with Crippen LogP contribution in [0.15, 0.2) is 39.3 Å². The number of aryl methyl sites for hydroxylation is 1. The quantitative estimate of drug-likeness (QED) is 0.617. The predicted molar refractivity (Wildman–Crippen MR) is 102 cm³/mol. The smallest absolute Gasteiger partial charge is 0.311 e. The third-order valence-corrected chi connectivity index (χ3v) is 4.57. The molecule has 1 aromatic carbocycles. The Bertz CT molecular complexity index is 942. The molecule has 1 aliphatic heterocycles. The number of nitrogens with zero attached hydrogens (tertiary/aromatic N) is 2. The number of halogens is 1. The van der Waals surface area contributed by atoms with Gasteiger partial charge in [-0.25, -0.2) is 0 Å². The van der Waals surface area contributed by atoms with E-state index in [-0.39, 0.29) is 18.8 Å². The van der Waals surface area contributed by atoms with Crippen molar-refractivity contribution >= 4 is 45.4 Å². The molecule has 1 aromatic heterocycles. The SMILES string of the molecule is Cc1cc(NC(=O)COC(=O)[C@H]2CC(=O)N(NC(=O)c3ccc(Br)cc3)C2)no1. The number of nitrogens with one attached hydrogen (secondary N) is 2. The van der Waals surface area contributed by atoms with E-state index in [9.17, 15) is 19.2 Å². The highest BCUT2D eigenvalue weighted by atomic mass is 79.9. The first-order chi connectivity index (χ1) is 13.8. The molecule has 3 rings (SSSR count). The summed E-state index contributed by atoms with van der Waals surface area (Å²) in [5, 5.41) is 7.09. The first kappa shape index (κ1) is 20.5. The van der Waals surface area contributed by atoms with E-state index in [1.54, 1.807) is 31.2 Å². The summed E-state index contributed by atoms with van der Waals surface area (Å²) in [6.07, 6.45) is -0.121. The Morgan fingerprint density at radius 3 is 2.69 bits per heavy atom. The fourth-order valence-corrected chi connectivity index (χ4v) is 2.89. The van der Waals surface area contributed by atoms with Crippen LogP contribution in [-0.4, -0.2) is 47.0 Å². The van der Waals surface area contributed by atoms with Crippen molar-refractivity contribution in [2.75, 3.05) is 18.5 Å². The minimum absolute atomic E-state index is 0.0377. The number of rotatable bonds is 6. The van der Waals surface area contributed by atoms with E-state index in [0.29, 0.717) is 11.3 Å². The van der Waals surface area contributed by atoms with Crippen molar-refractivity contribution in [1.29, 1.82) is 0 Å². The first-order valence-electron chi connectivity index (χ1n) is 8.58. The molecule has 2 heterocycles. The van der Waals surface area contributed by atoms with Crippen LogP contribution < -0.4 is 10.7 Å². The Morgan fingerprint density at radius 1 is 1.31 bits per heavy atom. The number of esters is 1. The zero-order valence-electron chi connectivity index (χ0n) is 15.3. The predicted octanol–water partition coefficient (Wildman–Crippen LogP) is 1.42. The monoisotopic (exact) mass is 464 g/mol. The van der Waals surface area contributed by atoms with Gasteiger partial charge >= 0.3 is 5.97 Å². The third-order valence-electron chi connectivity index (χ3n) is 4.04. The molecule has 0 spiro atoms. The van der Waals surface area contributed by atoms with E-state index >= 15 is 0 Å². The average molecular weight is 465 g/mol. The van der Waals surface area contributed by atoms with Gasteiger partial charge in [-0.15, -0.1) is 0 Å². The number of carbonyl (C=O) groups is 4. The Hall–Kier alpha value is -3.21. The van der Waals surface area contributed by atoms with Crippen LogP contribution in [0.3, 0.4) is 0 Å². The number of ether oxygens (including phenoxy) is 1. The van der Waals surface area contributed by atoms with Crippen molar-refractivity contribution in [2.24, 2.45) is 5.92 Å². The van der Waals surface area contributed by atoms with Crippen molar-refractivity contribution in [3.05, 3.63) is 46.1 Å². The van der Waals surface area contributed by atoms with E-state index in [4.69, 9.17) is 9.26 Å². The minimum atomic E-state index is -0.783. The van der Waals surface area contributed by atoms with Gasteiger partial charge in [0.1, 0.15) is 5.76 Å². The zero-order chi connectivity index (χ0) is 21.0. The van der Waals surface area contributed by atoms with Gasteiger partial charge in [0.2, 0.25) is 5.91 Å². The van der Waals surface area contributed by atoms with Crippen molar-refractivity contribution in [3.8, 4) is 0 Å². The number of hydrogen-bond donors (Lipinski definition) is 2. The molecule has 0 bridgehead atoms. The van der Waals surface area contributed by atoms with E-state index < -0.39 is 36.2 Å². The Kier molecular flexibility index (Phi) is 6.27. The largest absolute Gasteiger partial charge is 0.455 e. The number of hydrazine groups is 1. The van der Waals surface area contributed by atoms with Crippen LogP contribution >= 0.6 is 15.9 Å². The molecule has 2 aromatic rings. The van der Waals surface area contributed by atoms with E-state index in [1.165, 1.54) is 6.07 Å². The number of benzene rings is 1. The summed E-state index contributed by atoms with van der Waals surface area (Å²) in [7, 11) is 0. The van der Waals surface area contributed by atoms with Crippen molar-refractivity contribution < 1.29 is 28.4 Å². The zero-order valence-corrected chi connectivity index (χ0v) is 16.9. The lowest BCUT2D eigenvalue weighted by atomic mass is 10.1. The minimum Gasteiger partial charge on any atom is -0.455 e. The van der Waals surface area contributed by atoms with Gasteiger partial charge in [0.15, 0.2) is 12.4 Å². The van der Waals surface area contributed by atoms with E-state index in [1.807, 2.05) is 0 Å². The molecule has 1 atom stereocenters. The molecule has 1 saturated heterocycles. The summed E-state index contributed by atoms with van der Waals surface area (Å²) in [4.78, 5) is 48.3. The summed E-state index contributed by atoms with van der Waals surface area (Å²) >= 11 is 3.28. The van der Waals surface area contributed by atoms with Crippen LogP contribution in [-0.2, 0) is 19.1 Å². The maximum Gasteiger partial charge on any atom is 0.311 e.